The first-order chi connectivity index (χ1) is 39.1. The number of nitriles is 2. The third-order valence-corrected chi connectivity index (χ3v) is 13.8. The molecule has 2 aliphatic heterocycles. The minimum Gasteiger partial charge on any atom is -0.461 e. The average molecular weight is 1160 g/mol. The average Bonchev–Trinajstić information content (AvgIpc) is 1.47. The molecule has 0 saturated carbocycles. The first-order valence-electron chi connectivity index (χ1n) is 26.0. The summed E-state index contributed by atoms with van der Waals surface area (Å²) in [6.45, 7) is 2.14. The number of anilines is 2. The van der Waals surface area contributed by atoms with Crippen molar-refractivity contribution in [2.75, 3.05) is 118 Å². The minimum atomic E-state index is -4.80. The number of amides is 6. The van der Waals surface area contributed by atoms with Gasteiger partial charge in [-0.25, -0.2) is 19.2 Å². The van der Waals surface area contributed by atoms with Crippen molar-refractivity contribution in [3.05, 3.63) is 153 Å². The van der Waals surface area contributed by atoms with E-state index in [1.165, 1.54) is 74.5 Å². The van der Waals surface area contributed by atoms with E-state index in [9.17, 15) is 65.6 Å². The van der Waals surface area contributed by atoms with Crippen LogP contribution < -0.4 is 20.4 Å². The second kappa shape index (κ2) is 26.9. The molecule has 0 bridgehead atoms. The highest BCUT2D eigenvalue weighted by atomic mass is 19.4. The summed E-state index contributed by atoms with van der Waals surface area (Å²) in [7, 11) is 10.6. The van der Waals surface area contributed by atoms with Gasteiger partial charge in [0, 0.05) is 24.5 Å². The number of hydrogen-bond donors (Lipinski definition) is 2. The van der Waals surface area contributed by atoms with Crippen molar-refractivity contribution in [3.8, 4) is 12.1 Å². The van der Waals surface area contributed by atoms with Gasteiger partial charge in [0.1, 0.15) is 26.3 Å². The smallest absolute Gasteiger partial charge is 0.416 e. The number of carbonyl (C=O) groups excluding carboxylic acids is 6. The van der Waals surface area contributed by atoms with Crippen LogP contribution in [-0.2, 0) is 41.0 Å². The van der Waals surface area contributed by atoms with Gasteiger partial charge in [-0.05, 0) is 114 Å². The molecule has 0 unspecified atom stereocenters. The SMILES string of the molecule is CC1=C(C(=O)OCCN(C)C)[C@@H](c2ccc(C#N)cc2)N(CC(=O)NCC[N+](C)(C)CCNC(=O)CN2C(=O)N(c3cccc(C(F)(F)F)c3)C(C)=C(C(=O)OCCN(C)C)[C@H]2c2ccc(C#N)cc2)C(=O)N1c1cccc(C(F)(F)F)c1. The minimum absolute atomic E-state index is 0.0198. The molecule has 6 rings (SSSR count). The highest BCUT2D eigenvalue weighted by molar-refractivity contribution is 6.05. The van der Waals surface area contributed by atoms with Crippen LogP contribution in [0.4, 0.5) is 47.3 Å². The van der Waals surface area contributed by atoms with E-state index in [2.05, 4.69) is 10.6 Å². The third-order valence-electron chi connectivity index (χ3n) is 13.8. The lowest BCUT2D eigenvalue weighted by Crippen LogP contribution is -2.55. The Hall–Kier alpha value is -8.78. The molecule has 83 heavy (non-hydrogen) atoms. The summed E-state index contributed by atoms with van der Waals surface area (Å²) in [5.74, 6) is -3.25. The maximum atomic E-state index is 14.7. The topological polar surface area (TPSA) is 212 Å². The predicted molar refractivity (Wildman–Crippen MR) is 292 cm³/mol. The number of carbonyl (C=O) groups is 6. The molecule has 2 N–H and O–H groups in total. The molecule has 440 valence electrons. The Kier molecular flexibility index (Phi) is 20.5. The summed E-state index contributed by atoms with van der Waals surface area (Å²) < 4.78 is 95.8. The molecule has 19 nitrogen and oxygen atoms in total. The molecule has 0 spiro atoms. The highest BCUT2D eigenvalue weighted by Gasteiger charge is 2.46. The quantitative estimate of drug-likeness (QED) is 0.0455. The molecule has 6 amide bonds. The number of rotatable bonds is 22. The zero-order valence-electron chi connectivity index (χ0n) is 47.0. The zero-order chi connectivity index (χ0) is 61.1. The van der Waals surface area contributed by atoms with Crippen molar-refractivity contribution in [3.63, 3.8) is 0 Å². The molecule has 2 aliphatic rings. The summed E-state index contributed by atoms with van der Waals surface area (Å²) in [5.41, 5.74) is -1.97. The van der Waals surface area contributed by atoms with Crippen LogP contribution >= 0.6 is 0 Å². The number of ether oxygens (including phenoxy) is 2. The maximum Gasteiger partial charge on any atom is 0.416 e. The molecule has 4 aromatic carbocycles. The fourth-order valence-electron chi connectivity index (χ4n) is 9.30. The summed E-state index contributed by atoms with van der Waals surface area (Å²) in [4.78, 5) is 93.2. The van der Waals surface area contributed by atoms with E-state index in [1.54, 1.807) is 52.1 Å². The molecule has 0 fully saturated rings. The van der Waals surface area contributed by atoms with Crippen LogP contribution in [0.1, 0.15) is 59.3 Å². The van der Waals surface area contributed by atoms with E-state index >= 15 is 0 Å². The number of quaternary nitrogens is 1. The number of halogens is 6. The molecule has 4 aromatic rings. The summed E-state index contributed by atoms with van der Waals surface area (Å²) in [6.07, 6.45) is -9.60. The molecule has 0 aromatic heterocycles. The van der Waals surface area contributed by atoms with Crippen molar-refractivity contribution in [2.24, 2.45) is 0 Å². The van der Waals surface area contributed by atoms with Gasteiger partial charge >= 0.3 is 36.4 Å². The van der Waals surface area contributed by atoms with E-state index in [0.717, 1.165) is 56.0 Å². The van der Waals surface area contributed by atoms with Crippen LogP contribution in [0.3, 0.4) is 0 Å². The lowest BCUT2D eigenvalue weighted by atomic mass is 9.92. The van der Waals surface area contributed by atoms with E-state index < -0.39 is 84.5 Å². The standard InChI is InChI=1S/C58H63F6N11O8/c1-37-49(53(78)82-29-25-69(3)4)51(41-19-15-39(33-65)16-20-41)71(55(80)73(37)45-13-9-11-43(31-45)57(59,60)61)35-47(76)67-23-27-75(7,8)28-24-68-48(77)36-72-52(42-21-17-40(34-66)18-22-42)50(54(79)83-30-26-70(5)6)38(2)74(56(72)81)46-14-10-12-44(32-46)58(62,63)64/h9-22,31-32,51-52H,23-30,35-36H2,1-8H3,(H-,67,68,76,77)/p+1/t51-,52-/m1/s1. The molecule has 2 atom stereocenters. The van der Waals surface area contributed by atoms with E-state index in [4.69, 9.17) is 9.47 Å². The van der Waals surface area contributed by atoms with Crippen LogP contribution in [-0.4, -0.2) is 168 Å². The first kappa shape index (κ1) is 63.4. The van der Waals surface area contributed by atoms with Gasteiger partial charge in [-0.3, -0.25) is 19.4 Å². The first-order valence-corrected chi connectivity index (χ1v) is 26.0. The molecule has 0 saturated heterocycles. The highest BCUT2D eigenvalue weighted by Crippen LogP contribution is 2.43. The maximum absolute atomic E-state index is 14.7. The van der Waals surface area contributed by atoms with Crippen LogP contribution in [0.25, 0.3) is 0 Å². The second-order valence-electron chi connectivity index (χ2n) is 20.8. The van der Waals surface area contributed by atoms with Crippen LogP contribution in [0.5, 0.6) is 0 Å². The Labute approximate surface area is 476 Å². The number of allylic oxidation sites excluding steroid dienone is 2. The van der Waals surface area contributed by atoms with Gasteiger partial charge in [-0.1, -0.05) is 36.4 Å². The second-order valence-corrected chi connectivity index (χ2v) is 20.8. The van der Waals surface area contributed by atoms with Gasteiger partial charge in [0.2, 0.25) is 11.8 Å². The molecular formula is C58H64F6N11O8+. The van der Waals surface area contributed by atoms with Crippen molar-refractivity contribution < 1.29 is 69.1 Å². The van der Waals surface area contributed by atoms with Crippen molar-refractivity contribution in [1.29, 1.82) is 10.5 Å². The van der Waals surface area contributed by atoms with E-state index in [1.807, 2.05) is 12.1 Å². The number of hydrogen-bond acceptors (Lipinski definition) is 12. The molecule has 25 heteroatoms. The Morgan fingerprint density at radius 3 is 1.25 bits per heavy atom. The number of likely N-dealkylation sites (N-methyl/N-ethyl adjacent to an activating group) is 3. The van der Waals surface area contributed by atoms with Crippen molar-refractivity contribution in [1.82, 2.24) is 30.2 Å². The fourth-order valence-corrected chi connectivity index (χ4v) is 9.30. The summed E-state index contributed by atoms with van der Waals surface area (Å²) in [6, 6.07) is 19.1. The third kappa shape index (κ3) is 15.8. The number of alkyl halides is 6. The number of nitrogens with zero attached hydrogens (tertiary/aromatic N) is 9. The van der Waals surface area contributed by atoms with Gasteiger partial charge in [-0.2, -0.15) is 36.9 Å². The van der Waals surface area contributed by atoms with Crippen LogP contribution in [0, 0.1) is 22.7 Å². The van der Waals surface area contributed by atoms with Gasteiger partial charge in [0.25, 0.3) is 0 Å². The predicted octanol–water partition coefficient (Wildman–Crippen LogP) is 7.20. The Morgan fingerprint density at radius 2 is 0.940 bits per heavy atom. The van der Waals surface area contributed by atoms with Gasteiger partial charge in [0.15, 0.2) is 0 Å². The normalized spacial score (nSPS) is 16.1. The molecule has 2 heterocycles. The van der Waals surface area contributed by atoms with Gasteiger partial charge in [-0.15, -0.1) is 0 Å². The monoisotopic (exact) mass is 1160 g/mol. The molecular weight excluding hydrogens is 1090 g/mol. The summed E-state index contributed by atoms with van der Waals surface area (Å²) >= 11 is 0. The number of nitrogens with one attached hydrogen (secondary N) is 2. The summed E-state index contributed by atoms with van der Waals surface area (Å²) in [5, 5.41) is 24.7. The number of benzene rings is 4. The molecule has 0 radical (unpaired) electrons. The Morgan fingerprint density at radius 1 is 0.590 bits per heavy atom. The van der Waals surface area contributed by atoms with Crippen LogP contribution in [0.2, 0.25) is 0 Å². The number of urea groups is 2. The number of esters is 2. The largest absolute Gasteiger partial charge is 0.461 e. The zero-order valence-corrected chi connectivity index (χ0v) is 47.0. The molecule has 0 aliphatic carbocycles. The van der Waals surface area contributed by atoms with Crippen LogP contribution in [0.15, 0.2) is 120 Å². The Bertz CT molecular complexity index is 3010. The van der Waals surface area contributed by atoms with Gasteiger partial charge < -0.3 is 44.2 Å². The fraction of sp³-hybridized carbons (Fsp3) is 0.379. The lowest BCUT2D eigenvalue weighted by Gasteiger charge is -2.42. The van der Waals surface area contributed by atoms with E-state index in [0.29, 0.717) is 24.2 Å². The van der Waals surface area contributed by atoms with E-state index in [-0.39, 0.29) is 88.9 Å². The lowest BCUT2D eigenvalue weighted by molar-refractivity contribution is -0.887. The van der Waals surface area contributed by atoms with Gasteiger partial charge in [0.05, 0.1) is 109 Å². The van der Waals surface area contributed by atoms with Crippen molar-refractivity contribution >= 4 is 47.2 Å². The Balaban J connectivity index is 1.21. The van der Waals surface area contributed by atoms with Crippen molar-refractivity contribution in [2.45, 2.75) is 38.3 Å².